The molecule has 4 heteroatoms. The number of hydrogen-bond acceptors (Lipinski definition) is 3. The molecule has 0 saturated carbocycles. The molecule has 30 heavy (non-hydrogen) atoms. The van der Waals surface area contributed by atoms with Gasteiger partial charge in [-0.1, -0.05) is 50.1 Å². The average molecular weight is 407 g/mol. The van der Waals surface area contributed by atoms with Gasteiger partial charge in [0.2, 0.25) is 5.91 Å². The van der Waals surface area contributed by atoms with Crippen molar-refractivity contribution >= 4 is 11.5 Å². The van der Waals surface area contributed by atoms with Crippen molar-refractivity contribution in [3.63, 3.8) is 0 Å². The Morgan fingerprint density at radius 2 is 1.93 bits per heavy atom. The van der Waals surface area contributed by atoms with Crippen LogP contribution in [-0.4, -0.2) is 24.5 Å². The van der Waals surface area contributed by atoms with Crippen molar-refractivity contribution in [3.8, 4) is 5.75 Å². The van der Waals surface area contributed by atoms with Crippen LogP contribution >= 0.6 is 0 Å². The molecule has 0 fully saturated rings. The number of carbonyl (C=O) groups excluding carboxylic acids is 1. The maximum absolute atomic E-state index is 12.1. The minimum Gasteiger partial charge on any atom is -0.497 e. The summed E-state index contributed by atoms with van der Waals surface area (Å²) >= 11 is 0. The lowest BCUT2D eigenvalue weighted by Gasteiger charge is -2.08. The Kier molecular flexibility index (Phi) is 11.0. The van der Waals surface area contributed by atoms with E-state index < -0.39 is 0 Å². The predicted octanol–water partition coefficient (Wildman–Crippen LogP) is 5.75. The van der Waals surface area contributed by atoms with Gasteiger partial charge in [0.1, 0.15) is 5.75 Å². The van der Waals surface area contributed by atoms with Crippen molar-refractivity contribution in [3.05, 3.63) is 78.1 Å². The van der Waals surface area contributed by atoms with Crippen LogP contribution < -0.4 is 10.1 Å². The molecule has 0 aliphatic carbocycles. The number of unbranched alkanes of at least 4 members (excludes halogenated alkanes) is 3. The fourth-order valence-electron chi connectivity index (χ4n) is 3.22. The quantitative estimate of drug-likeness (QED) is 0.262. The van der Waals surface area contributed by atoms with Gasteiger partial charge in [-0.2, -0.15) is 0 Å². The van der Waals surface area contributed by atoms with Gasteiger partial charge in [0, 0.05) is 25.0 Å². The molecule has 2 aromatic rings. The molecule has 1 heterocycles. The first-order valence-electron chi connectivity index (χ1n) is 10.9. The average Bonchev–Trinajstić information content (AvgIpc) is 2.79. The first kappa shape index (κ1) is 23.4. The standard InChI is InChI=1S/C26H34N2O2/c1-3-4-5-12-23(24-15-17-25(30-2)18-16-24)13-8-14-26(29)28-20-7-6-10-22-11-9-19-27-21-22/h8-9,11,13-19,21H,3-7,10,12,20H2,1-2H3,(H,28,29). The Morgan fingerprint density at radius 1 is 1.10 bits per heavy atom. The summed E-state index contributed by atoms with van der Waals surface area (Å²) in [6, 6.07) is 12.1. The molecule has 4 nitrogen and oxygen atoms in total. The highest BCUT2D eigenvalue weighted by Gasteiger charge is 2.02. The number of nitrogens with one attached hydrogen (secondary N) is 1. The van der Waals surface area contributed by atoms with E-state index in [0.717, 1.165) is 37.9 Å². The van der Waals surface area contributed by atoms with E-state index in [9.17, 15) is 4.79 Å². The Balaban J connectivity index is 1.80. The van der Waals surface area contributed by atoms with Crippen LogP contribution in [0.5, 0.6) is 5.75 Å². The van der Waals surface area contributed by atoms with Gasteiger partial charge in [0.25, 0.3) is 0 Å². The van der Waals surface area contributed by atoms with Crippen LogP contribution in [0.1, 0.15) is 56.6 Å². The number of methoxy groups -OCH3 is 1. The molecule has 1 amide bonds. The molecule has 1 aromatic heterocycles. The molecular weight excluding hydrogens is 372 g/mol. The Morgan fingerprint density at radius 3 is 2.63 bits per heavy atom. The van der Waals surface area contributed by atoms with Gasteiger partial charge in [-0.15, -0.1) is 0 Å². The van der Waals surface area contributed by atoms with Crippen LogP contribution in [0.25, 0.3) is 5.57 Å². The van der Waals surface area contributed by atoms with Gasteiger partial charge in [0.15, 0.2) is 0 Å². The summed E-state index contributed by atoms with van der Waals surface area (Å²) in [4.78, 5) is 16.2. The second-order valence-electron chi connectivity index (χ2n) is 7.35. The molecule has 0 unspecified atom stereocenters. The van der Waals surface area contributed by atoms with Crippen molar-refractivity contribution in [2.24, 2.45) is 0 Å². The highest BCUT2D eigenvalue weighted by atomic mass is 16.5. The normalized spacial score (nSPS) is 11.6. The number of pyridine rings is 1. The molecule has 0 aliphatic heterocycles. The van der Waals surface area contributed by atoms with Crippen LogP contribution in [0, 0.1) is 0 Å². The number of aryl methyl sites for hydroxylation is 1. The van der Waals surface area contributed by atoms with Gasteiger partial charge in [-0.05, 0) is 67.0 Å². The number of hydrogen-bond donors (Lipinski definition) is 1. The molecule has 0 spiro atoms. The van der Waals surface area contributed by atoms with Gasteiger partial charge >= 0.3 is 0 Å². The monoisotopic (exact) mass is 406 g/mol. The van der Waals surface area contributed by atoms with E-state index in [-0.39, 0.29) is 5.91 Å². The number of rotatable bonds is 13. The van der Waals surface area contributed by atoms with Crippen molar-refractivity contribution in [1.82, 2.24) is 10.3 Å². The van der Waals surface area contributed by atoms with E-state index >= 15 is 0 Å². The minimum absolute atomic E-state index is 0.0460. The molecule has 0 radical (unpaired) electrons. The molecule has 0 bridgehead atoms. The number of carbonyl (C=O) groups is 1. The van der Waals surface area contributed by atoms with Crippen molar-refractivity contribution < 1.29 is 9.53 Å². The minimum atomic E-state index is -0.0460. The zero-order chi connectivity index (χ0) is 21.4. The van der Waals surface area contributed by atoms with E-state index in [1.54, 1.807) is 19.4 Å². The Labute approximate surface area is 181 Å². The fraction of sp³-hybridized carbons (Fsp3) is 0.385. The van der Waals surface area contributed by atoms with Gasteiger partial charge in [0.05, 0.1) is 7.11 Å². The Hall–Kier alpha value is -2.88. The third-order valence-corrected chi connectivity index (χ3v) is 4.97. The van der Waals surface area contributed by atoms with E-state index in [2.05, 4.69) is 41.5 Å². The summed E-state index contributed by atoms with van der Waals surface area (Å²) < 4.78 is 5.25. The van der Waals surface area contributed by atoms with Crippen molar-refractivity contribution in [2.45, 2.75) is 51.9 Å². The maximum Gasteiger partial charge on any atom is 0.243 e. The smallest absolute Gasteiger partial charge is 0.243 e. The summed E-state index contributed by atoms with van der Waals surface area (Å²) in [6.07, 6.45) is 16.7. The van der Waals surface area contributed by atoms with Crippen LogP contribution in [0.3, 0.4) is 0 Å². The Bertz CT molecular complexity index is 796. The molecular formula is C26H34N2O2. The number of nitrogens with zero attached hydrogens (tertiary/aromatic N) is 1. The van der Waals surface area contributed by atoms with Gasteiger partial charge in [-0.3, -0.25) is 9.78 Å². The highest BCUT2D eigenvalue weighted by Crippen LogP contribution is 2.23. The zero-order valence-electron chi connectivity index (χ0n) is 18.3. The highest BCUT2D eigenvalue weighted by molar-refractivity contribution is 5.88. The fourth-order valence-corrected chi connectivity index (χ4v) is 3.22. The zero-order valence-corrected chi connectivity index (χ0v) is 18.3. The molecule has 160 valence electrons. The lowest BCUT2D eigenvalue weighted by atomic mass is 9.99. The SMILES string of the molecule is CCCCCC(=CC=CC(=O)NCCCCc1cccnc1)c1ccc(OC)cc1. The van der Waals surface area contributed by atoms with Crippen LogP contribution in [0.4, 0.5) is 0 Å². The van der Waals surface area contributed by atoms with Crippen LogP contribution in [0.15, 0.2) is 67.0 Å². The topological polar surface area (TPSA) is 51.2 Å². The molecule has 0 aliphatic rings. The maximum atomic E-state index is 12.1. The first-order chi connectivity index (χ1) is 14.7. The van der Waals surface area contributed by atoms with Crippen molar-refractivity contribution in [1.29, 1.82) is 0 Å². The van der Waals surface area contributed by atoms with E-state index in [4.69, 9.17) is 4.74 Å². The summed E-state index contributed by atoms with van der Waals surface area (Å²) in [5.41, 5.74) is 3.65. The van der Waals surface area contributed by atoms with Crippen LogP contribution in [-0.2, 0) is 11.2 Å². The summed E-state index contributed by atoms with van der Waals surface area (Å²) in [5.74, 6) is 0.806. The first-order valence-corrected chi connectivity index (χ1v) is 10.9. The van der Waals surface area contributed by atoms with Crippen LogP contribution in [0.2, 0.25) is 0 Å². The molecule has 1 N–H and O–H groups in total. The van der Waals surface area contributed by atoms with E-state index in [1.165, 1.54) is 29.5 Å². The molecule has 0 atom stereocenters. The number of ether oxygens (including phenoxy) is 1. The summed E-state index contributed by atoms with van der Waals surface area (Å²) in [6.45, 7) is 2.90. The second kappa shape index (κ2) is 14.2. The van der Waals surface area contributed by atoms with E-state index in [0.29, 0.717) is 6.54 Å². The summed E-state index contributed by atoms with van der Waals surface area (Å²) in [5, 5.41) is 2.96. The second-order valence-corrected chi connectivity index (χ2v) is 7.35. The third kappa shape index (κ3) is 9.08. The lowest BCUT2D eigenvalue weighted by molar-refractivity contribution is -0.116. The van der Waals surface area contributed by atoms with Crippen molar-refractivity contribution in [2.75, 3.05) is 13.7 Å². The number of aromatic nitrogens is 1. The van der Waals surface area contributed by atoms with E-state index in [1.807, 2.05) is 30.5 Å². The third-order valence-electron chi connectivity index (χ3n) is 4.97. The number of amides is 1. The predicted molar refractivity (Wildman–Crippen MR) is 124 cm³/mol. The number of allylic oxidation sites excluding steroid dienone is 3. The summed E-state index contributed by atoms with van der Waals surface area (Å²) in [7, 11) is 1.67. The lowest BCUT2D eigenvalue weighted by Crippen LogP contribution is -2.22. The molecule has 0 saturated heterocycles. The molecule has 1 aromatic carbocycles. The molecule has 2 rings (SSSR count). The largest absolute Gasteiger partial charge is 0.497 e. The van der Waals surface area contributed by atoms with Gasteiger partial charge < -0.3 is 10.1 Å². The van der Waals surface area contributed by atoms with Gasteiger partial charge in [-0.25, -0.2) is 0 Å². The number of benzene rings is 1.